The topological polar surface area (TPSA) is 103 Å². The van der Waals surface area contributed by atoms with Crippen LogP contribution < -0.4 is 14.4 Å². The summed E-state index contributed by atoms with van der Waals surface area (Å²) in [5.74, 6) is -1.71. The predicted octanol–water partition coefficient (Wildman–Crippen LogP) is 8.32. The van der Waals surface area contributed by atoms with Crippen molar-refractivity contribution in [2.45, 2.75) is 55.5 Å². The fourth-order valence-corrected chi connectivity index (χ4v) is 7.52. The highest BCUT2D eigenvalue weighted by atomic mass is 32.3. The quantitative estimate of drug-likeness (QED) is 0.105. The van der Waals surface area contributed by atoms with E-state index in [0.29, 0.717) is 34.9 Å². The summed E-state index contributed by atoms with van der Waals surface area (Å²) >= 11 is 1.43. The summed E-state index contributed by atoms with van der Waals surface area (Å²) in [5, 5.41) is 8.99. The first-order chi connectivity index (χ1) is 20.2. The normalized spacial score (nSPS) is 17.7. The molecule has 0 aliphatic carbocycles. The second-order valence-electron chi connectivity index (χ2n) is 9.77. The van der Waals surface area contributed by atoms with Crippen molar-refractivity contribution in [3.8, 4) is 11.5 Å². The molecule has 1 unspecified atom stereocenters. The van der Waals surface area contributed by atoms with Crippen LogP contribution in [0.5, 0.6) is 11.5 Å². The zero-order valence-electron chi connectivity index (χ0n) is 23.9. The highest BCUT2D eigenvalue weighted by Crippen LogP contribution is 2.61. The number of carboxylic acid groups (broad SMARTS) is 1. The van der Waals surface area contributed by atoms with Crippen LogP contribution in [0.1, 0.15) is 38.7 Å². The number of unbranched alkanes of at least 4 members (excludes halogenated alkanes) is 1. The molecule has 0 saturated carbocycles. The minimum absolute atomic E-state index is 0.140. The lowest BCUT2D eigenvalue weighted by Gasteiger charge is -2.45. The Labute approximate surface area is 252 Å². The van der Waals surface area contributed by atoms with Gasteiger partial charge in [0.2, 0.25) is 5.83 Å². The lowest BCUT2D eigenvalue weighted by Crippen LogP contribution is -2.41. The number of hydrogen-bond donors (Lipinski definition) is 3. The van der Waals surface area contributed by atoms with Crippen LogP contribution in [0, 0.1) is 0 Å². The Morgan fingerprint density at radius 2 is 1.83 bits per heavy atom. The lowest BCUT2D eigenvalue weighted by atomic mass is 10.1. The van der Waals surface area contributed by atoms with Gasteiger partial charge in [0, 0.05) is 30.9 Å². The highest BCUT2D eigenvalue weighted by Gasteiger charge is 2.40. The molecule has 0 fully saturated rings. The van der Waals surface area contributed by atoms with Crippen molar-refractivity contribution in [1.82, 2.24) is 4.31 Å². The second kappa shape index (κ2) is 14.3. The van der Waals surface area contributed by atoms with Crippen molar-refractivity contribution in [2.24, 2.45) is 0 Å². The average molecular weight is 617 g/mol. The van der Waals surface area contributed by atoms with Gasteiger partial charge in [-0.3, -0.25) is 9.11 Å². The number of aliphatic carboxylic acids is 1. The first-order valence-corrected chi connectivity index (χ1v) is 16.3. The number of benzene rings is 3. The van der Waals surface area contributed by atoms with E-state index < -0.39 is 22.6 Å². The SMILES string of the molecule is CCCCC1CN(c2ccccc2)c2cc(SCC)c(O/C=C(\F)C(=O)O)cc2S(O)(O)N1Cc1ccc(OC)cc1. The Kier molecular flexibility index (Phi) is 10.8. The number of thioether (sulfide) groups is 1. The Hall–Kier alpha value is -3.22. The molecule has 1 heterocycles. The summed E-state index contributed by atoms with van der Waals surface area (Å²) in [5.41, 5.74) is 2.37. The van der Waals surface area contributed by atoms with E-state index in [1.165, 1.54) is 17.8 Å². The molecule has 226 valence electrons. The molecule has 1 atom stereocenters. The standard InChI is InChI=1S/C31H37FN2O6S2/c1-4-6-10-24-20-33(23-11-8-7-9-12-23)27-17-29(41-5-2)28(40-21-26(32)31(35)36)18-30(27)42(37,38)34(24)19-22-13-15-25(39-3)16-14-22/h7-9,11-18,21,24,37-38H,4-6,10,19-20H2,1-3H3,(H,35,36)/b26-21-. The summed E-state index contributed by atoms with van der Waals surface area (Å²) in [6, 6.07) is 20.3. The molecule has 1 aliphatic rings. The van der Waals surface area contributed by atoms with Crippen LogP contribution in [0.3, 0.4) is 0 Å². The minimum Gasteiger partial charge on any atom is -0.497 e. The summed E-state index contributed by atoms with van der Waals surface area (Å²) in [6.45, 7) is 4.81. The molecule has 0 radical (unpaired) electrons. The van der Waals surface area contributed by atoms with Crippen LogP contribution >= 0.6 is 22.5 Å². The van der Waals surface area contributed by atoms with E-state index in [0.717, 1.165) is 30.5 Å². The summed E-state index contributed by atoms with van der Waals surface area (Å²) < 4.78 is 50.8. The fourth-order valence-electron chi connectivity index (χ4n) is 4.88. The number of hydrogen-bond acceptors (Lipinski definition) is 8. The van der Waals surface area contributed by atoms with E-state index in [9.17, 15) is 18.3 Å². The lowest BCUT2D eigenvalue weighted by molar-refractivity contribution is -0.134. The molecule has 3 aromatic carbocycles. The number of methoxy groups -OCH3 is 1. The van der Waals surface area contributed by atoms with Gasteiger partial charge < -0.3 is 19.5 Å². The molecule has 3 aromatic rings. The van der Waals surface area contributed by atoms with Gasteiger partial charge in [-0.1, -0.05) is 57.0 Å². The molecule has 0 spiro atoms. The van der Waals surface area contributed by atoms with E-state index in [1.54, 1.807) is 11.4 Å². The van der Waals surface area contributed by atoms with E-state index >= 15 is 0 Å². The van der Waals surface area contributed by atoms with Gasteiger partial charge in [0.15, 0.2) is 0 Å². The van der Waals surface area contributed by atoms with Gasteiger partial charge >= 0.3 is 5.97 Å². The third kappa shape index (κ3) is 7.22. The average Bonchev–Trinajstić information content (AvgIpc) is 3.07. The number of rotatable bonds is 12. The number of nitrogens with zero attached hydrogens (tertiary/aromatic N) is 2. The Morgan fingerprint density at radius 1 is 1.12 bits per heavy atom. The van der Waals surface area contributed by atoms with E-state index in [1.807, 2.05) is 67.6 Å². The van der Waals surface area contributed by atoms with Crippen molar-refractivity contribution in [3.05, 3.63) is 84.4 Å². The van der Waals surface area contributed by atoms with Gasteiger partial charge in [-0.05, 0) is 48.1 Å². The van der Waals surface area contributed by atoms with Crippen LogP contribution in [0.4, 0.5) is 15.8 Å². The maximum Gasteiger partial charge on any atom is 0.368 e. The monoisotopic (exact) mass is 616 g/mol. The minimum atomic E-state index is -3.62. The van der Waals surface area contributed by atoms with E-state index in [4.69, 9.17) is 14.6 Å². The first kappa shape index (κ1) is 31.7. The molecule has 0 saturated heterocycles. The second-order valence-corrected chi connectivity index (χ2v) is 13.0. The maximum absolute atomic E-state index is 13.9. The van der Waals surface area contributed by atoms with Gasteiger partial charge in [0.25, 0.3) is 0 Å². The van der Waals surface area contributed by atoms with Crippen LogP contribution in [-0.2, 0) is 11.3 Å². The number of carboxylic acids is 1. The zero-order valence-corrected chi connectivity index (χ0v) is 25.5. The van der Waals surface area contributed by atoms with Crippen molar-refractivity contribution in [3.63, 3.8) is 0 Å². The Balaban J connectivity index is 1.91. The highest BCUT2D eigenvalue weighted by molar-refractivity contribution is 8.22. The van der Waals surface area contributed by atoms with E-state index in [-0.39, 0.29) is 23.2 Å². The molecule has 0 aromatic heterocycles. The number of fused-ring (bicyclic) bond motifs is 1. The van der Waals surface area contributed by atoms with Crippen molar-refractivity contribution < 1.29 is 32.9 Å². The molecule has 11 heteroatoms. The Bertz CT molecular complexity index is 1390. The third-order valence-corrected chi connectivity index (χ3v) is 9.91. The van der Waals surface area contributed by atoms with Crippen LogP contribution in [-0.4, -0.2) is 49.9 Å². The molecule has 4 rings (SSSR count). The predicted molar refractivity (Wildman–Crippen MR) is 167 cm³/mol. The fraction of sp³-hybridized carbons (Fsp3) is 0.323. The number of ether oxygens (including phenoxy) is 2. The largest absolute Gasteiger partial charge is 0.497 e. The summed E-state index contributed by atoms with van der Waals surface area (Å²) in [6.07, 6.45) is 3.09. The number of anilines is 2. The molecule has 0 amide bonds. The number of para-hydroxylation sites is 1. The molecule has 8 nitrogen and oxygen atoms in total. The molecular formula is C31H37FN2O6S2. The van der Waals surface area contributed by atoms with Gasteiger partial charge in [-0.25, -0.2) is 4.79 Å². The number of carbonyl (C=O) groups is 1. The van der Waals surface area contributed by atoms with E-state index in [2.05, 4.69) is 11.8 Å². The maximum atomic E-state index is 13.9. The van der Waals surface area contributed by atoms with Crippen molar-refractivity contribution in [2.75, 3.05) is 24.3 Å². The summed E-state index contributed by atoms with van der Waals surface area (Å²) in [4.78, 5) is 14.0. The van der Waals surface area contributed by atoms with Gasteiger partial charge in [0.1, 0.15) is 22.7 Å². The smallest absolute Gasteiger partial charge is 0.368 e. The molecule has 42 heavy (non-hydrogen) atoms. The van der Waals surface area contributed by atoms with Crippen molar-refractivity contribution >= 4 is 39.9 Å². The molecule has 1 aliphatic heterocycles. The molecular weight excluding hydrogens is 579 g/mol. The van der Waals surface area contributed by atoms with Crippen LogP contribution in [0.25, 0.3) is 0 Å². The van der Waals surface area contributed by atoms with Gasteiger partial charge in [-0.2, -0.15) is 8.70 Å². The third-order valence-electron chi connectivity index (χ3n) is 6.99. The van der Waals surface area contributed by atoms with Crippen LogP contribution in [0.15, 0.2) is 88.6 Å². The molecule has 3 N–H and O–H groups in total. The zero-order chi connectivity index (χ0) is 30.3. The summed E-state index contributed by atoms with van der Waals surface area (Å²) in [7, 11) is -2.03. The van der Waals surface area contributed by atoms with Crippen LogP contribution in [0.2, 0.25) is 0 Å². The van der Waals surface area contributed by atoms with Crippen molar-refractivity contribution in [1.29, 1.82) is 0 Å². The van der Waals surface area contributed by atoms with Gasteiger partial charge in [-0.15, -0.1) is 22.5 Å². The Morgan fingerprint density at radius 3 is 2.45 bits per heavy atom. The molecule has 0 bridgehead atoms. The van der Waals surface area contributed by atoms with Gasteiger partial charge in [0.05, 0.1) is 17.7 Å². The first-order valence-electron chi connectivity index (χ1n) is 13.8. The number of halogens is 1.